The second kappa shape index (κ2) is 9.38. The molecule has 5 rings (SSSR count). The number of thioether (sulfide) groups is 1. The minimum atomic E-state index is -1.01. The molecule has 2 atom stereocenters. The molecular formula is C24H18ClN3O2S3. The Bertz CT molecular complexity index is 1270. The summed E-state index contributed by atoms with van der Waals surface area (Å²) < 4.78 is 0. The molecular weight excluding hydrogens is 494 g/mol. The topological polar surface area (TPSA) is 72.0 Å². The highest BCUT2D eigenvalue weighted by atomic mass is 35.5. The second-order valence-corrected chi connectivity index (χ2v) is 10.9. The van der Waals surface area contributed by atoms with Gasteiger partial charge in [0.05, 0.1) is 15.7 Å². The van der Waals surface area contributed by atoms with Gasteiger partial charge in [0.15, 0.2) is 5.78 Å². The van der Waals surface area contributed by atoms with E-state index in [4.69, 9.17) is 16.6 Å². The highest BCUT2D eigenvalue weighted by Gasteiger charge is 2.48. The molecule has 33 heavy (non-hydrogen) atoms. The fraction of sp³-hybridized carbons (Fsp3) is 0.167. The Morgan fingerprint density at radius 1 is 1.12 bits per heavy atom. The van der Waals surface area contributed by atoms with Crippen LogP contribution in [0.5, 0.6) is 0 Å². The Labute approximate surface area is 208 Å². The number of piperidine rings is 1. The average molecular weight is 512 g/mol. The Balaban J connectivity index is 1.49. The molecule has 4 heterocycles. The van der Waals surface area contributed by atoms with Crippen LogP contribution in [0.1, 0.15) is 28.4 Å². The van der Waals surface area contributed by atoms with E-state index in [0.29, 0.717) is 22.0 Å². The Kier molecular flexibility index (Phi) is 6.34. The van der Waals surface area contributed by atoms with E-state index in [1.807, 2.05) is 58.6 Å². The number of rotatable bonds is 6. The predicted molar refractivity (Wildman–Crippen MR) is 133 cm³/mol. The molecule has 9 heteroatoms. The highest BCUT2D eigenvalue weighted by Crippen LogP contribution is 2.41. The fourth-order valence-electron chi connectivity index (χ4n) is 3.90. The zero-order valence-electron chi connectivity index (χ0n) is 17.2. The summed E-state index contributed by atoms with van der Waals surface area (Å²) in [5.41, 5.74) is 1.34. The van der Waals surface area contributed by atoms with Crippen LogP contribution < -0.4 is 5.32 Å². The molecule has 5 nitrogen and oxygen atoms in total. The third kappa shape index (κ3) is 4.48. The lowest BCUT2D eigenvalue weighted by Crippen LogP contribution is -2.58. The molecule has 3 aromatic heterocycles. The number of benzene rings is 1. The molecule has 1 aromatic carbocycles. The first kappa shape index (κ1) is 22.3. The first-order valence-corrected chi connectivity index (χ1v) is 13.3. The van der Waals surface area contributed by atoms with E-state index in [1.54, 1.807) is 23.6 Å². The van der Waals surface area contributed by atoms with Crippen LogP contribution in [0.15, 0.2) is 75.8 Å². The molecule has 1 aliphatic rings. The normalized spacial score (nSPS) is 20.6. The van der Waals surface area contributed by atoms with Crippen LogP contribution in [0.2, 0.25) is 5.02 Å². The van der Waals surface area contributed by atoms with Crippen molar-refractivity contribution in [3.63, 3.8) is 0 Å². The summed E-state index contributed by atoms with van der Waals surface area (Å²) in [7, 11) is 0. The lowest BCUT2D eigenvalue weighted by Gasteiger charge is -2.39. The quantitative estimate of drug-likeness (QED) is 0.354. The van der Waals surface area contributed by atoms with Gasteiger partial charge in [0.2, 0.25) is 5.91 Å². The van der Waals surface area contributed by atoms with Gasteiger partial charge >= 0.3 is 0 Å². The lowest BCUT2D eigenvalue weighted by atomic mass is 9.79. The van der Waals surface area contributed by atoms with Crippen molar-refractivity contribution in [2.45, 2.75) is 28.5 Å². The van der Waals surface area contributed by atoms with E-state index >= 15 is 0 Å². The Hall–Kier alpha value is -2.52. The Morgan fingerprint density at radius 2 is 2.00 bits per heavy atom. The molecule has 166 valence electrons. The summed E-state index contributed by atoms with van der Waals surface area (Å²) in [6, 6.07) is 14.9. The maximum absolute atomic E-state index is 13.4. The van der Waals surface area contributed by atoms with Crippen molar-refractivity contribution < 1.29 is 9.59 Å². The van der Waals surface area contributed by atoms with E-state index in [1.165, 1.54) is 23.1 Å². The zero-order chi connectivity index (χ0) is 22.8. The molecule has 1 N–H and O–H groups in total. The van der Waals surface area contributed by atoms with Gasteiger partial charge in [-0.2, -0.15) is 11.3 Å². The van der Waals surface area contributed by atoms with Crippen LogP contribution in [0.25, 0.3) is 0 Å². The van der Waals surface area contributed by atoms with E-state index < -0.39 is 10.8 Å². The molecule has 1 saturated heterocycles. The number of nitrogens with one attached hydrogen (secondary N) is 1. The number of hydrogen-bond donors (Lipinski definition) is 1. The zero-order valence-corrected chi connectivity index (χ0v) is 20.4. The van der Waals surface area contributed by atoms with Gasteiger partial charge in [-0.3, -0.25) is 14.6 Å². The number of nitrogens with zero attached hydrogens (tertiary/aromatic N) is 2. The van der Waals surface area contributed by atoms with Gasteiger partial charge in [-0.1, -0.05) is 29.8 Å². The molecule has 1 amide bonds. The first-order chi connectivity index (χ1) is 16.0. The summed E-state index contributed by atoms with van der Waals surface area (Å²) in [5, 5.41) is 9.62. The number of Topliss-reactive ketones (excluding diaryl/α,β-unsaturated/α-hetero) is 1. The van der Waals surface area contributed by atoms with Gasteiger partial charge in [0, 0.05) is 35.0 Å². The third-order valence-corrected chi connectivity index (χ3v) is 8.69. The van der Waals surface area contributed by atoms with E-state index in [2.05, 4.69) is 10.3 Å². The van der Waals surface area contributed by atoms with Gasteiger partial charge in [-0.05, 0) is 46.7 Å². The van der Waals surface area contributed by atoms with E-state index in [9.17, 15) is 9.59 Å². The smallest absolute Gasteiger partial charge is 0.242 e. The average Bonchev–Trinajstić information content (AvgIpc) is 3.52. The van der Waals surface area contributed by atoms with Crippen molar-refractivity contribution in [3.8, 4) is 0 Å². The first-order valence-electron chi connectivity index (χ1n) is 10.2. The van der Waals surface area contributed by atoms with Gasteiger partial charge < -0.3 is 5.32 Å². The van der Waals surface area contributed by atoms with Crippen molar-refractivity contribution in [2.75, 3.05) is 0 Å². The number of carbonyl (C=O) groups is 2. The third-order valence-electron chi connectivity index (χ3n) is 5.46. The maximum atomic E-state index is 13.4. The monoisotopic (exact) mass is 511 g/mol. The number of halogens is 1. The number of thiophene rings is 1. The summed E-state index contributed by atoms with van der Waals surface area (Å²) in [5.74, 6) is -0.489. The summed E-state index contributed by atoms with van der Waals surface area (Å²) in [4.78, 5) is 36.6. The molecule has 0 saturated carbocycles. The van der Waals surface area contributed by atoms with Crippen molar-refractivity contribution in [1.82, 2.24) is 15.3 Å². The molecule has 0 aliphatic carbocycles. The number of carbonyl (C=O) groups excluding carboxylic acids is 2. The molecule has 1 aliphatic heterocycles. The summed E-state index contributed by atoms with van der Waals surface area (Å²) in [6.45, 7) is 0. The number of thiazole rings is 1. The van der Waals surface area contributed by atoms with Gasteiger partial charge in [0.25, 0.3) is 0 Å². The highest BCUT2D eigenvalue weighted by molar-refractivity contribution is 8.01. The van der Waals surface area contributed by atoms with Crippen molar-refractivity contribution in [1.29, 1.82) is 0 Å². The molecule has 4 aromatic rings. The number of pyridine rings is 1. The Morgan fingerprint density at radius 3 is 2.73 bits per heavy atom. The van der Waals surface area contributed by atoms with E-state index in [-0.39, 0.29) is 18.1 Å². The second-order valence-electron chi connectivity index (χ2n) is 7.59. The van der Waals surface area contributed by atoms with Gasteiger partial charge in [0.1, 0.15) is 10.8 Å². The lowest BCUT2D eigenvalue weighted by molar-refractivity contribution is -0.133. The maximum Gasteiger partial charge on any atom is 0.242 e. The molecule has 2 unspecified atom stereocenters. The SMILES string of the molecule is O=C1CC(c2ccsc2)(c2cccc(Cc3nccs3)n2)NC(=O)C1Sc1ccccc1Cl. The minimum absolute atomic E-state index is 0.116. The van der Waals surface area contributed by atoms with Crippen molar-refractivity contribution >= 4 is 57.7 Å². The van der Waals surface area contributed by atoms with Gasteiger partial charge in [-0.25, -0.2) is 4.98 Å². The molecule has 1 fully saturated rings. The minimum Gasteiger partial charge on any atom is -0.339 e. The molecule has 0 radical (unpaired) electrons. The largest absolute Gasteiger partial charge is 0.339 e. The van der Waals surface area contributed by atoms with Crippen LogP contribution in [0.4, 0.5) is 0 Å². The van der Waals surface area contributed by atoms with Crippen LogP contribution >= 0.6 is 46.0 Å². The number of ketones is 1. The van der Waals surface area contributed by atoms with Gasteiger partial charge in [-0.15, -0.1) is 23.1 Å². The molecule has 0 spiro atoms. The summed E-state index contributed by atoms with van der Waals surface area (Å²) >= 11 is 10.6. The standard InChI is InChI=1S/C24H18ClN3O2S3/c25-17-5-1-2-6-19(17)33-22-18(29)13-24(28-23(22)30,15-8-10-31-14-15)20-7-3-4-16(27-20)12-21-26-9-11-32-21/h1-11,14,22H,12-13H2,(H,28,30). The van der Waals surface area contributed by atoms with Crippen molar-refractivity contribution in [3.05, 3.63) is 97.8 Å². The van der Waals surface area contributed by atoms with Crippen LogP contribution in [-0.2, 0) is 21.5 Å². The number of amides is 1. The number of hydrogen-bond acceptors (Lipinski definition) is 7. The van der Waals surface area contributed by atoms with Crippen LogP contribution in [0, 0.1) is 0 Å². The molecule has 0 bridgehead atoms. The number of aromatic nitrogens is 2. The fourth-order valence-corrected chi connectivity index (χ4v) is 6.51. The van der Waals surface area contributed by atoms with Crippen LogP contribution in [0.3, 0.4) is 0 Å². The van der Waals surface area contributed by atoms with Crippen LogP contribution in [-0.4, -0.2) is 26.9 Å². The van der Waals surface area contributed by atoms with E-state index in [0.717, 1.165) is 16.3 Å². The predicted octanol–water partition coefficient (Wildman–Crippen LogP) is 5.34. The summed E-state index contributed by atoms with van der Waals surface area (Å²) in [6.07, 6.45) is 2.48. The van der Waals surface area contributed by atoms with Crippen molar-refractivity contribution in [2.24, 2.45) is 0 Å².